The van der Waals surface area contributed by atoms with Crippen LogP contribution in [0.4, 0.5) is 0 Å². The first-order valence-corrected chi connectivity index (χ1v) is 14.4. The number of esters is 1. The second-order valence-electron chi connectivity index (χ2n) is 8.78. The highest BCUT2D eigenvalue weighted by Crippen LogP contribution is 2.40. The van der Waals surface area contributed by atoms with E-state index in [4.69, 9.17) is 49.0 Å². The summed E-state index contributed by atoms with van der Waals surface area (Å²) in [6.45, 7) is 6.72. The van der Waals surface area contributed by atoms with Gasteiger partial charge < -0.3 is 19.3 Å². The average Bonchev–Trinajstić information content (AvgIpc) is 2.81. The number of hydrogen-bond donors (Lipinski definition) is 1. The van der Waals surface area contributed by atoms with Gasteiger partial charge in [0, 0.05) is 18.1 Å². The molecule has 0 bridgehead atoms. The van der Waals surface area contributed by atoms with Gasteiger partial charge in [0.1, 0.15) is 31.2 Å². The van der Waals surface area contributed by atoms with Gasteiger partial charge in [-0.15, -0.1) is 11.6 Å². The molecular formula is C25H31Cl3O7S. The lowest BCUT2D eigenvalue weighted by Gasteiger charge is -2.27. The number of rotatable bonds is 13. The molecule has 0 amide bonds. The summed E-state index contributed by atoms with van der Waals surface area (Å²) in [4.78, 5) is 11.2. The lowest BCUT2D eigenvalue weighted by Crippen LogP contribution is -2.28. The van der Waals surface area contributed by atoms with Crippen molar-refractivity contribution in [1.82, 2.24) is 0 Å². The van der Waals surface area contributed by atoms with Crippen LogP contribution in [0.3, 0.4) is 0 Å². The highest BCUT2D eigenvalue weighted by atomic mass is 35.5. The van der Waals surface area contributed by atoms with Crippen LogP contribution in [-0.2, 0) is 24.8 Å². The Morgan fingerprint density at radius 1 is 1.03 bits per heavy atom. The molecule has 2 aromatic rings. The Balaban J connectivity index is 2.11. The van der Waals surface area contributed by atoms with Gasteiger partial charge in [-0.25, -0.2) is 8.42 Å². The summed E-state index contributed by atoms with van der Waals surface area (Å²) in [5.41, 5.74) is 1.30. The van der Waals surface area contributed by atoms with E-state index in [9.17, 15) is 18.3 Å². The van der Waals surface area contributed by atoms with Crippen molar-refractivity contribution in [3.05, 3.63) is 57.6 Å². The largest absolute Gasteiger partial charge is 0.491 e. The molecule has 0 saturated heterocycles. The fraction of sp³-hybridized carbons (Fsp3) is 0.480. The van der Waals surface area contributed by atoms with Crippen LogP contribution in [0.2, 0.25) is 10.0 Å². The van der Waals surface area contributed by atoms with E-state index in [2.05, 4.69) is 0 Å². The third-order valence-electron chi connectivity index (χ3n) is 5.54. The van der Waals surface area contributed by atoms with Gasteiger partial charge in [0.25, 0.3) is 0 Å². The Kier molecular flexibility index (Phi) is 11.2. The average molecular weight is 582 g/mol. The number of aliphatic hydroxyl groups excluding tert-OH is 1. The summed E-state index contributed by atoms with van der Waals surface area (Å²) in [7, 11) is -3.29. The first-order chi connectivity index (χ1) is 16.8. The molecule has 0 saturated carbocycles. The van der Waals surface area contributed by atoms with E-state index in [1.807, 2.05) is 26.0 Å². The van der Waals surface area contributed by atoms with E-state index >= 15 is 0 Å². The molecule has 0 spiro atoms. The lowest BCUT2D eigenvalue weighted by atomic mass is 9.78. The second-order valence-corrected chi connectivity index (χ2v) is 12.3. The second kappa shape index (κ2) is 13.2. The lowest BCUT2D eigenvalue weighted by molar-refractivity contribution is -0.146. The van der Waals surface area contributed by atoms with E-state index in [-0.39, 0.29) is 36.3 Å². The molecule has 11 heteroatoms. The van der Waals surface area contributed by atoms with Gasteiger partial charge in [0.2, 0.25) is 0 Å². The maximum absolute atomic E-state index is 11.6. The van der Waals surface area contributed by atoms with Gasteiger partial charge in [-0.2, -0.15) is 0 Å². The molecule has 0 heterocycles. The van der Waals surface area contributed by atoms with Gasteiger partial charge in [0.15, 0.2) is 15.6 Å². The molecule has 2 rings (SSSR count). The molecule has 0 aliphatic carbocycles. The molecule has 0 unspecified atom stereocenters. The standard InChI is InChI=1S/C25H31Cl3O7S/c1-5-36(31,32)15-19(30)13-33-20-8-6-17(7-9-20)25(3,4)18-10-22(27)24(23(28)11-18)34-14-21(12-26)35-16(2)29/h6-11,19,21,30H,5,12-15H2,1-4H3/t19-,21+/m0/s1. The minimum atomic E-state index is -3.29. The van der Waals surface area contributed by atoms with E-state index in [0.717, 1.165) is 11.1 Å². The third-order valence-corrected chi connectivity index (χ3v) is 8.22. The number of sulfone groups is 1. The number of aliphatic hydroxyl groups is 1. The zero-order valence-electron chi connectivity index (χ0n) is 20.6. The highest BCUT2D eigenvalue weighted by molar-refractivity contribution is 7.91. The molecule has 0 aliphatic heterocycles. The van der Waals surface area contributed by atoms with Crippen molar-refractivity contribution in [2.45, 2.75) is 45.3 Å². The molecule has 0 aliphatic rings. The van der Waals surface area contributed by atoms with Gasteiger partial charge in [-0.3, -0.25) is 4.79 Å². The number of alkyl halides is 1. The van der Waals surface area contributed by atoms with Crippen LogP contribution in [0.25, 0.3) is 0 Å². The van der Waals surface area contributed by atoms with Crippen LogP contribution in [0.5, 0.6) is 11.5 Å². The Morgan fingerprint density at radius 2 is 1.61 bits per heavy atom. The van der Waals surface area contributed by atoms with Crippen LogP contribution in [-0.4, -0.2) is 62.3 Å². The van der Waals surface area contributed by atoms with Crippen molar-refractivity contribution in [3.63, 3.8) is 0 Å². The summed E-state index contributed by atoms with van der Waals surface area (Å²) in [5.74, 6) is 0.00630. The van der Waals surface area contributed by atoms with Crippen molar-refractivity contribution in [1.29, 1.82) is 0 Å². The molecule has 0 fully saturated rings. The Labute approximate surface area is 227 Å². The van der Waals surface area contributed by atoms with Crippen LogP contribution in [0.1, 0.15) is 38.8 Å². The maximum atomic E-state index is 11.6. The molecular weight excluding hydrogens is 551 g/mol. The number of carbonyl (C=O) groups excluding carboxylic acids is 1. The summed E-state index contributed by atoms with van der Waals surface area (Å²) >= 11 is 18.8. The zero-order chi connectivity index (χ0) is 27.1. The Hall–Kier alpha value is -1.71. The van der Waals surface area contributed by atoms with E-state index in [1.54, 1.807) is 24.3 Å². The molecule has 0 radical (unpaired) electrons. The Bertz CT molecular complexity index is 1110. The number of ether oxygens (including phenoxy) is 3. The summed E-state index contributed by atoms with van der Waals surface area (Å²) < 4.78 is 39.6. The predicted octanol–water partition coefficient (Wildman–Crippen LogP) is 5.04. The summed E-state index contributed by atoms with van der Waals surface area (Å²) in [6.07, 6.45) is -1.74. The first-order valence-electron chi connectivity index (χ1n) is 11.3. The number of halogens is 3. The van der Waals surface area contributed by atoms with Crippen LogP contribution < -0.4 is 9.47 Å². The molecule has 2 aromatic carbocycles. The molecule has 200 valence electrons. The van der Waals surface area contributed by atoms with Crippen molar-refractivity contribution >= 4 is 50.6 Å². The molecule has 1 N–H and O–H groups in total. The minimum Gasteiger partial charge on any atom is -0.491 e. The summed E-state index contributed by atoms with van der Waals surface area (Å²) in [5, 5.41) is 10.5. The van der Waals surface area contributed by atoms with Gasteiger partial charge in [-0.1, -0.05) is 56.1 Å². The van der Waals surface area contributed by atoms with Gasteiger partial charge in [0.05, 0.1) is 21.7 Å². The number of benzene rings is 2. The van der Waals surface area contributed by atoms with E-state index < -0.39 is 33.4 Å². The van der Waals surface area contributed by atoms with Crippen LogP contribution in [0.15, 0.2) is 36.4 Å². The summed E-state index contributed by atoms with van der Waals surface area (Å²) in [6, 6.07) is 10.8. The van der Waals surface area contributed by atoms with Crippen molar-refractivity contribution in [2.75, 3.05) is 30.6 Å². The smallest absolute Gasteiger partial charge is 0.303 e. The quantitative estimate of drug-likeness (QED) is 0.261. The molecule has 0 aromatic heterocycles. The number of hydrogen-bond acceptors (Lipinski definition) is 7. The zero-order valence-corrected chi connectivity index (χ0v) is 23.7. The van der Waals surface area contributed by atoms with Crippen LogP contribution in [0, 0.1) is 0 Å². The first kappa shape index (κ1) is 30.5. The topological polar surface area (TPSA) is 99.1 Å². The van der Waals surface area contributed by atoms with E-state index in [1.165, 1.54) is 13.8 Å². The van der Waals surface area contributed by atoms with Gasteiger partial charge in [-0.05, 0) is 35.4 Å². The molecule has 2 atom stereocenters. The fourth-order valence-electron chi connectivity index (χ4n) is 3.37. The van der Waals surface area contributed by atoms with Crippen molar-refractivity contribution < 1.29 is 32.5 Å². The highest BCUT2D eigenvalue weighted by Gasteiger charge is 2.26. The van der Waals surface area contributed by atoms with Gasteiger partial charge >= 0.3 is 5.97 Å². The molecule has 7 nitrogen and oxygen atoms in total. The number of carbonyl (C=O) groups is 1. The van der Waals surface area contributed by atoms with E-state index in [0.29, 0.717) is 15.8 Å². The normalized spacial score (nSPS) is 13.7. The van der Waals surface area contributed by atoms with Crippen molar-refractivity contribution in [2.24, 2.45) is 0 Å². The molecule has 36 heavy (non-hydrogen) atoms. The monoisotopic (exact) mass is 580 g/mol. The predicted molar refractivity (Wildman–Crippen MR) is 143 cm³/mol. The van der Waals surface area contributed by atoms with Crippen LogP contribution >= 0.6 is 34.8 Å². The minimum absolute atomic E-state index is 0.00575. The SMILES string of the molecule is CCS(=O)(=O)C[C@@H](O)COc1ccc(C(C)(C)c2cc(Cl)c(OC[C@@H](CCl)OC(C)=O)c(Cl)c2)cc1. The van der Waals surface area contributed by atoms with Crippen molar-refractivity contribution in [3.8, 4) is 11.5 Å². The third kappa shape index (κ3) is 8.70. The maximum Gasteiger partial charge on any atom is 0.303 e. The fourth-order valence-corrected chi connectivity index (χ4v) is 5.03. The Morgan fingerprint density at radius 3 is 2.11 bits per heavy atom.